The molecule has 4 heteroatoms. The molecular formula is C15H24ClFN2. The molecule has 108 valence electrons. The van der Waals surface area contributed by atoms with E-state index in [0.29, 0.717) is 22.9 Å². The van der Waals surface area contributed by atoms with Crippen LogP contribution < -0.4 is 11.3 Å². The van der Waals surface area contributed by atoms with Gasteiger partial charge in [-0.3, -0.25) is 11.3 Å². The molecule has 1 rings (SSSR count). The molecule has 0 saturated carbocycles. The van der Waals surface area contributed by atoms with Gasteiger partial charge in [0.25, 0.3) is 0 Å². The Hall–Kier alpha value is -0.640. The summed E-state index contributed by atoms with van der Waals surface area (Å²) in [5.74, 6) is 5.92. The number of rotatable bonds is 8. The van der Waals surface area contributed by atoms with Gasteiger partial charge in [-0.1, -0.05) is 38.3 Å². The van der Waals surface area contributed by atoms with E-state index in [2.05, 4.69) is 19.3 Å². The highest BCUT2D eigenvalue weighted by atomic mass is 35.5. The SMILES string of the molecule is CCCC(CCC)C(Cc1cc(Cl)ccc1F)NN. The van der Waals surface area contributed by atoms with Crippen molar-refractivity contribution in [3.63, 3.8) is 0 Å². The maximum atomic E-state index is 13.8. The molecule has 2 nitrogen and oxygen atoms in total. The van der Waals surface area contributed by atoms with Gasteiger partial charge < -0.3 is 0 Å². The second-order valence-corrected chi connectivity index (χ2v) is 5.49. The first kappa shape index (κ1) is 16.4. The Kier molecular flexibility index (Phi) is 7.36. The van der Waals surface area contributed by atoms with Crippen LogP contribution >= 0.6 is 11.6 Å². The zero-order valence-electron chi connectivity index (χ0n) is 11.8. The number of nitrogens with two attached hydrogens (primary N) is 1. The van der Waals surface area contributed by atoms with E-state index in [9.17, 15) is 4.39 Å². The summed E-state index contributed by atoms with van der Waals surface area (Å²) in [6.07, 6.45) is 5.01. The van der Waals surface area contributed by atoms with Gasteiger partial charge in [-0.25, -0.2) is 4.39 Å². The summed E-state index contributed by atoms with van der Waals surface area (Å²) in [5.41, 5.74) is 3.49. The number of hydrogen-bond acceptors (Lipinski definition) is 2. The molecule has 0 aliphatic rings. The molecular weight excluding hydrogens is 263 g/mol. The number of benzene rings is 1. The van der Waals surface area contributed by atoms with E-state index in [1.165, 1.54) is 6.07 Å². The summed E-state index contributed by atoms with van der Waals surface area (Å²) in [6, 6.07) is 4.77. The second kappa shape index (κ2) is 8.51. The van der Waals surface area contributed by atoms with Gasteiger partial charge in [0.15, 0.2) is 0 Å². The Morgan fingerprint density at radius 1 is 1.26 bits per heavy atom. The van der Waals surface area contributed by atoms with Crippen LogP contribution in [0.4, 0.5) is 4.39 Å². The maximum Gasteiger partial charge on any atom is 0.126 e. The molecule has 0 aliphatic heterocycles. The molecule has 0 spiro atoms. The van der Waals surface area contributed by atoms with Gasteiger partial charge in [0, 0.05) is 11.1 Å². The minimum Gasteiger partial charge on any atom is -0.271 e. The van der Waals surface area contributed by atoms with Gasteiger partial charge in [0.2, 0.25) is 0 Å². The monoisotopic (exact) mass is 286 g/mol. The fourth-order valence-corrected chi connectivity index (χ4v) is 2.78. The first-order valence-electron chi connectivity index (χ1n) is 7.02. The van der Waals surface area contributed by atoms with Crippen molar-refractivity contribution >= 4 is 11.6 Å². The normalized spacial score (nSPS) is 12.9. The van der Waals surface area contributed by atoms with E-state index >= 15 is 0 Å². The van der Waals surface area contributed by atoms with E-state index < -0.39 is 0 Å². The molecule has 0 amide bonds. The van der Waals surface area contributed by atoms with Gasteiger partial charge in [-0.05, 0) is 48.9 Å². The third kappa shape index (κ3) is 5.09. The maximum absolute atomic E-state index is 13.8. The van der Waals surface area contributed by atoms with Crippen LogP contribution in [0.2, 0.25) is 5.02 Å². The zero-order chi connectivity index (χ0) is 14.3. The first-order chi connectivity index (χ1) is 9.12. The fraction of sp³-hybridized carbons (Fsp3) is 0.600. The largest absolute Gasteiger partial charge is 0.271 e. The minimum atomic E-state index is -0.212. The van der Waals surface area contributed by atoms with Crippen LogP contribution in [-0.4, -0.2) is 6.04 Å². The lowest BCUT2D eigenvalue weighted by Crippen LogP contribution is -2.42. The summed E-state index contributed by atoms with van der Waals surface area (Å²) in [7, 11) is 0. The first-order valence-corrected chi connectivity index (χ1v) is 7.40. The number of nitrogens with one attached hydrogen (secondary N) is 1. The van der Waals surface area contributed by atoms with Crippen molar-refractivity contribution in [1.82, 2.24) is 5.43 Å². The molecule has 0 bridgehead atoms. The van der Waals surface area contributed by atoms with Crippen LogP contribution in [0, 0.1) is 11.7 Å². The summed E-state index contributed by atoms with van der Waals surface area (Å²) in [5, 5.41) is 0.565. The minimum absolute atomic E-state index is 0.0906. The average molecular weight is 287 g/mol. The highest BCUT2D eigenvalue weighted by Crippen LogP contribution is 2.23. The Morgan fingerprint density at radius 3 is 2.42 bits per heavy atom. The molecule has 0 aromatic heterocycles. The van der Waals surface area contributed by atoms with Crippen LogP contribution in [0.5, 0.6) is 0 Å². The Bertz CT molecular complexity index is 378. The van der Waals surface area contributed by atoms with E-state index in [0.717, 1.165) is 25.7 Å². The van der Waals surface area contributed by atoms with Crippen molar-refractivity contribution in [2.24, 2.45) is 11.8 Å². The average Bonchev–Trinajstić information content (AvgIpc) is 2.39. The molecule has 0 aliphatic carbocycles. The second-order valence-electron chi connectivity index (χ2n) is 5.05. The third-order valence-corrected chi connectivity index (χ3v) is 3.78. The Balaban J connectivity index is 2.81. The van der Waals surface area contributed by atoms with Crippen LogP contribution in [0.3, 0.4) is 0 Å². The fourth-order valence-electron chi connectivity index (χ4n) is 2.59. The van der Waals surface area contributed by atoms with Crippen molar-refractivity contribution in [3.8, 4) is 0 Å². The molecule has 1 aromatic rings. The standard InChI is InChI=1S/C15H24ClFN2/c1-3-5-11(6-4-2)15(19-18)10-12-9-13(16)7-8-14(12)17/h7-9,11,15,19H,3-6,10,18H2,1-2H3. The van der Waals surface area contributed by atoms with Gasteiger partial charge in [-0.2, -0.15) is 0 Å². The molecule has 0 radical (unpaired) electrons. The topological polar surface area (TPSA) is 38.0 Å². The predicted molar refractivity (Wildman–Crippen MR) is 79.5 cm³/mol. The van der Waals surface area contributed by atoms with Crippen molar-refractivity contribution < 1.29 is 4.39 Å². The van der Waals surface area contributed by atoms with E-state index in [4.69, 9.17) is 17.4 Å². The van der Waals surface area contributed by atoms with Gasteiger partial charge in [0.05, 0.1) is 0 Å². The highest BCUT2D eigenvalue weighted by Gasteiger charge is 2.20. The summed E-state index contributed by atoms with van der Waals surface area (Å²) >= 11 is 5.93. The zero-order valence-corrected chi connectivity index (χ0v) is 12.5. The molecule has 3 N–H and O–H groups in total. The van der Waals surface area contributed by atoms with Gasteiger partial charge >= 0.3 is 0 Å². The lowest BCUT2D eigenvalue weighted by Gasteiger charge is -2.26. The molecule has 1 atom stereocenters. The number of hydrazine groups is 1. The molecule has 0 saturated heterocycles. The summed E-state index contributed by atoms with van der Waals surface area (Å²) in [4.78, 5) is 0. The molecule has 0 heterocycles. The number of hydrogen-bond donors (Lipinski definition) is 2. The molecule has 0 fully saturated rings. The van der Waals surface area contributed by atoms with Crippen molar-refractivity contribution in [2.45, 2.75) is 52.0 Å². The lowest BCUT2D eigenvalue weighted by atomic mass is 9.87. The lowest BCUT2D eigenvalue weighted by molar-refractivity contribution is 0.309. The smallest absolute Gasteiger partial charge is 0.126 e. The quantitative estimate of drug-likeness (QED) is 0.558. The molecule has 1 unspecified atom stereocenters. The third-order valence-electron chi connectivity index (χ3n) is 3.55. The van der Waals surface area contributed by atoms with Crippen LogP contribution in [0.25, 0.3) is 0 Å². The van der Waals surface area contributed by atoms with E-state index in [1.54, 1.807) is 12.1 Å². The van der Waals surface area contributed by atoms with E-state index in [-0.39, 0.29) is 11.9 Å². The van der Waals surface area contributed by atoms with E-state index in [1.807, 2.05) is 0 Å². The van der Waals surface area contributed by atoms with Crippen LogP contribution in [0.15, 0.2) is 18.2 Å². The van der Waals surface area contributed by atoms with Crippen molar-refractivity contribution in [2.75, 3.05) is 0 Å². The Morgan fingerprint density at radius 2 is 1.89 bits per heavy atom. The molecule has 1 aromatic carbocycles. The summed E-state index contributed by atoms with van der Waals surface area (Å²) in [6.45, 7) is 4.33. The molecule has 19 heavy (non-hydrogen) atoms. The van der Waals surface area contributed by atoms with Crippen LogP contribution in [0.1, 0.15) is 45.1 Å². The van der Waals surface area contributed by atoms with Crippen molar-refractivity contribution in [3.05, 3.63) is 34.6 Å². The predicted octanol–water partition coefficient (Wildman–Crippen LogP) is 4.07. The van der Waals surface area contributed by atoms with Gasteiger partial charge in [0.1, 0.15) is 5.82 Å². The van der Waals surface area contributed by atoms with Crippen molar-refractivity contribution in [1.29, 1.82) is 0 Å². The number of halogens is 2. The van der Waals surface area contributed by atoms with Gasteiger partial charge in [-0.15, -0.1) is 0 Å². The Labute approximate surface area is 120 Å². The summed E-state index contributed by atoms with van der Waals surface area (Å²) < 4.78 is 13.8. The van der Waals surface area contributed by atoms with Crippen LogP contribution in [-0.2, 0) is 6.42 Å². The highest BCUT2D eigenvalue weighted by molar-refractivity contribution is 6.30.